The van der Waals surface area contributed by atoms with Crippen molar-refractivity contribution in [1.82, 2.24) is 15.1 Å². The second-order valence-electron chi connectivity index (χ2n) is 6.32. The molecule has 2 N–H and O–H groups in total. The smallest absolute Gasteiger partial charge is 0.294 e. The van der Waals surface area contributed by atoms with Crippen molar-refractivity contribution in [2.24, 2.45) is 7.05 Å². The van der Waals surface area contributed by atoms with Crippen LogP contribution < -0.4 is 20.9 Å². The summed E-state index contributed by atoms with van der Waals surface area (Å²) in [6.45, 7) is 0.833. The van der Waals surface area contributed by atoms with Crippen molar-refractivity contribution in [3.8, 4) is 11.5 Å². The van der Waals surface area contributed by atoms with Gasteiger partial charge in [-0.1, -0.05) is 0 Å². The average molecular weight is 412 g/mol. The van der Waals surface area contributed by atoms with Gasteiger partial charge in [-0.25, -0.2) is 9.07 Å². The summed E-state index contributed by atoms with van der Waals surface area (Å²) in [5.74, 6) is -0.0726. The van der Waals surface area contributed by atoms with Crippen LogP contribution in [0.15, 0.2) is 59.5 Å². The van der Waals surface area contributed by atoms with Gasteiger partial charge in [0.05, 0.1) is 12.8 Å². The van der Waals surface area contributed by atoms with Gasteiger partial charge in [0.2, 0.25) is 0 Å². The van der Waals surface area contributed by atoms with Crippen molar-refractivity contribution in [1.29, 1.82) is 0 Å². The number of halogens is 1. The standard InChI is InChI=1S/C21H21FN4O4/c1-26-21(28)19(18(13-24-26)30-17-9-5-15(22)6-10-17)25-16-7-3-14(4-8-16)20(27)23-11-12-29-2/h3-10,13,25H,11-12H2,1-2H3,(H,23,27). The fraction of sp³-hybridized carbons (Fsp3) is 0.190. The summed E-state index contributed by atoms with van der Waals surface area (Å²) in [5.41, 5.74) is 0.808. The zero-order chi connectivity index (χ0) is 21.5. The highest BCUT2D eigenvalue weighted by Crippen LogP contribution is 2.28. The minimum atomic E-state index is -0.406. The minimum Gasteiger partial charge on any atom is -0.453 e. The average Bonchev–Trinajstić information content (AvgIpc) is 2.75. The van der Waals surface area contributed by atoms with Crippen molar-refractivity contribution in [2.45, 2.75) is 0 Å². The number of benzene rings is 2. The molecule has 3 aromatic rings. The van der Waals surface area contributed by atoms with E-state index in [2.05, 4.69) is 15.7 Å². The molecule has 0 aliphatic heterocycles. The normalized spacial score (nSPS) is 10.5. The van der Waals surface area contributed by atoms with Gasteiger partial charge in [0, 0.05) is 32.0 Å². The van der Waals surface area contributed by atoms with Crippen LogP contribution in [-0.4, -0.2) is 35.9 Å². The number of ether oxygens (including phenoxy) is 2. The van der Waals surface area contributed by atoms with Gasteiger partial charge in [-0.3, -0.25) is 9.59 Å². The van der Waals surface area contributed by atoms with E-state index in [0.29, 0.717) is 30.2 Å². The zero-order valence-corrected chi connectivity index (χ0v) is 16.5. The van der Waals surface area contributed by atoms with Crippen LogP contribution in [0.5, 0.6) is 11.5 Å². The maximum Gasteiger partial charge on any atom is 0.294 e. The lowest BCUT2D eigenvalue weighted by Gasteiger charge is -2.13. The Morgan fingerprint density at radius 3 is 2.50 bits per heavy atom. The van der Waals surface area contributed by atoms with Crippen LogP contribution in [0.4, 0.5) is 15.8 Å². The Morgan fingerprint density at radius 2 is 1.83 bits per heavy atom. The summed E-state index contributed by atoms with van der Waals surface area (Å²) in [7, 11) is 3.08. The number of rotatable bonds is 8. The number of carbonyl (C=O) groups excluding carboxylic acids is 1. The second-order valence-corrected chi connectivity index (χ2v) is 6.32. The summed E-state index contributed by atoms with van der Waals surface area (Å²) in [4.78, 5) is 24.7. The van der Waals surface area contributed by atoms with Crippen LogP contribution in [0.25, 0.3) is 0 Å². The largest absolute Gasteiger partial charge is 0.453 e. The first kappa shape index (κ1) is 21.0. The molecular formula is C21H21FN4O4. The molecule has 0 radical (unpaired) electrons. The molecule has 8 nitrogen and oxygen atoms in total. The monoisotopic (exact) mass is 412 g/mol. The molecule has 1 heterocycles. The van der Waals surface area contributed by atoms with Crippen LogP contribution in [-0.2, 0) is 11.8 Å². The number of hydrogen-bond acceptors (Lipinski definition) is 6. The number of carbonyl (C=O) groups is 1. The maximum atomic E-state index is 13.1. The molecule has 30 heavy (non-hydrogen) atoms. The third-order valence-corrected chi connectivity index (χ3v) is 4.15. The van der Waals surface area contributed by atoms with Gasteiger partial charge in [0.25, 0.3) is 11.5 Å². The van der Waals surface area contributed by atoms with Crippen LogP contribution in [0.3, 0.4) is 0 Å². The van der Waals surface area contributed by atoms with Crippen LogP contribution in [0.2, 0.25) is 0 Å². The number of aryl methyl sites for hydroxylation is 1. The van der Waals surface area contributed by atoms with Gasteiger partial charge < -0.3 is 20.1 Å². The molecule has 2 aromatic carbocycles. The Balaban J connectivity index is 1.80. The molecule has 0 spiro atoms. The first-order valence-corrected chi connectivity index (χ1v) is 9.12. The van der Waals surface area contributed by atoms with E-state index in [0.717, 1.165) is 4.68 Å². The number of nitrogens with one attached hydrogen (secondary N) is 2. The van der Waals surface area contributed by atoms with E-state index >= 15 is 0 Å². The number of amides is 1. The molecule has 0 saturated carbocycles. The molecule has 0 saturated heterocycles. The molecular weight excluding hydrogens is 391 g/mol. The zero-order valence-electron chi connectivity index (χ0n) is 16.5. The fourth-order valence-corrected chi connectivity index (χ4v) is 2.56. The van der Waals surface area contributed by atoms with Gasteiger partial charge in [-0.2, -0.15) is 5.10 Å². The number of hydrogen-bond donors (Lipinski definition) is 2. The highest BCUT2D eigenvalue weighted by atomic mass is 19.1. The van der Waals surface area contributed by atoms with Crippen molar-refractivity contribution < 1.29 is 18.7 Å². The van der Waals surface area contributed by atoms with E-state index in [1.807, 2.05) is 0 Å². The SMILES string of the molecule is COCCNC(=O)c1ccc(Nc2c(Oc3ccc(F)cc3)cnn(C)c2=O)cc1. The quantitative estimate of drug-likeness (QED) is 0.553. The predicted octanol–water partition coefficient (Wildman–Crippen LogP) is 2.83. The molecule has 0 unspecified atom stereocenters. The lowest BCUT2D eigenvalue weighted by Crippen LogP contribution is -2.26. The van der Waals surface area contributed by atoms with Crippen LogP contribution >= 0.6 is 0 Å². The highest BCUT2D eigenvalue weighted by Gasteiger charge is 2.13. The second kappa shape index (κ2) is 9.66. The summed E-state index contributed by atoms with van der Waals surface area (Å²) >= 11 is 0. The molecule has 3 rings (SSSR count). The van der Waals surface area contributed by atoms with Crippen molar-refractivity contribution in [2.75, 3.05) is 25.6 Å². The molecule has 0 fully saturated rings. The lowest BCUT2D eigenvalue weighted by molar-refractivity contribution is 0.0937. The first-order chi connectivity index (χ1) is 14.5. The van der Waals surface area contributed by atoms with Crippen molar-refractivity contribution in [3.63, 3.8) is 0 Å². The number of aromatic nitrogens is 2. The Labute approximate surface area is 172 Å². The van der Waals surface area contributed by atoms with E-state index in [1.165, 1.54) is 37.5 Å². The maximum absolute atomic E-state index is 13.1. The van der Waals surface area contributed by atoms with Crippen molar-refractivity contribution >= 4 is 17.3 Å². The van der Waals surface area contributed by atoms with E-state index in [9.17, 15) is 14.0 Å². The number of anilines is 2. The Morgan fingerprint density at radius 1 is 1.13 bits per heavy atom. The van der Waals surface area contributed by atoms with E-state index < -0.39 is 11.4 Å². The van der Waals surface area contributed by atoms with E-state index in [4.69, 9.17) is 9.47 Å². The Kier molecular flexibility index (Phi) is 6.76. The molecule has 0 aliphatic carbocycles. The minimum absolute atomic E-state index is 0.161. The van der Waals surface area contributed by atoms with E-state index in [1.54, 1.807) is 31.4 Å². The number of nitrogens with zero attached hydrogens (tertiary/aromatic N) is 2. The topological polar surface area (TPSA) is 94.5 Å². The summed E-state index contributed by atoms with van der Waals surface area (Å²) in [5, 5.41) is 9.71. The molecule has 1 amide bonds. The first-order valence-electron chi connectivity index (χ1n) is 9.12. The van der Waals surface area contributed by atoms with Crippen LogP contribution in [0.1, 0.15) is 10.4 Å². The summed E-state index contributed by atoms with van der Waals surface area (Å²) < 4.78 is 24.9. The van der Waals surface area contributed by atoms with Crippen molar-refractivity contribution in [3.05, 3.63) is 76.5 Å². The molecule has 0 bridgehead atoms. The Hall–Kier alpha value is -3.72. The van der Waals surface area contributed by atoms with Gasteiger partial charge in [0.15, 0.2) is 11.4 Å². The summed E-state index contributed by atoms with van der Waals surface area (Å²) in [6, 6.07) is 12.0. The Bertz CT molecular complexity index is 1070. The van der Waals surface area contributed by atoms with Gasteiger partial charge in [-0.15, -0.1) is 0 Å². The van der Waals surface area contributed by atoms with Gasteiger partial charge in [-0.05, 0) is 48.5 Å². The molecule has 156 valence electrons. The molecule has 0 aliphatic rings. The fourth-order valence-electron chi connectivity index (χ4n) is 2.56. The van der Waals surface area contributed by atoms with Gasteiger partial charge in [0.1, 0.15) is 11.6 Å². The third kappa shape index (κ3) is 5.21. The molecule has 9 heteroatoms. The van der Waals surface area contributed by atoms with E-state index in [-0.39, 0.29) is 17.3 Å². The number of methoxy groups -OCH3 is 1. The summed E-state index contributed by atoms with van der Waals surface area (Å²) in [6.07, 6.45) is 1.39. The van der Waals surface area contributed by atoms with Crippen LogP contribution in [0, 0.1) is 5.82 Å². The molecule has 0 atom stereocenters. The predicted molar refractivity (Wildman–Crippen MR) is 110 cm³/mol. The van der Waals surface area contributed by atoms with Gasteiger partial charge >= 0.3 is 0 Å². The lowest BCUT2D eigenvalue weighted by atomic mass is 10.2. The highest BCUT2D eigenvalue weighted by molar-refractivity contribution is 5.94. The third-order valence-electron chi connectivity index (χ3n) is 4.15. The molecule has 1 aromatic heterocycles.